The average molecular weight is 357 g/mol. The van der Waals surface area contributed by atoms with Crippen LogP contribution in [0.5, 0.6) is 0 Å². The SMILES string of the molecule is CCCCCCCCCCc1ccc(NC(=O)OCCN)cc1.Cl. The molecule has 0 aliphatic heterocycles. The van der Waals surface area contributed by atoms with Crippen molar-refractivity contribution in [2.75, 3.05) is 18.5 Å². The van der Waals surface area contributed by atoms with E-state index >= 15 is 0 Å². The molecule has 138 valence electrons. The first-order valence-corrected chi connectivity index (χ1v) is 8.99. The van der Waals surface area contributed by atoms with Gasteiger partial charge in [0.15, 0.2) is 0 Å². The second-order valence-electron chi connectivity index (χ2n) is 5.97. The summed E-state index contributed by atoms with van der Waals surface area (Å²) in [7, 11) is 0. The Kier molecular flexibility index (Phi) is 14.5. The molecule has 0 fully saturated rings. The Morgan fingerprint density at radius 3 is 2.17 bits per heavy atom. The number of carbonyl (C=O) groups is 1. The molecule has 0 bridgehead atoms. The van der Waals surface area contributed by atoms with Crippen molar-refractivity contribution in [2.24, 2.45) is 5.73 Å². The molecule has 0 aliphatic rings. The van der Waals surface area contributed by atoms with Crippen LogP contribution in [0, 0.1) is 0 Å². The molecule has 24 heavy (non-hydrogen) atoms. The van der Waals surface area contributed by atoms with E-state index in [1.807, 2.05) is 12.1 Å². The van der Waals surface area contributed by atoms with Crippen LogP contribution in [-0.4, -0.2) is 19.2 Å². The van der Waals surface area contributed by atoms with Gasteiger partial charge in [-0.15, -0.1) is 12.4 Å². The van der Waals surface area contributed by atoms with Gasteiger partial charge in [0, 0.05) is 12.2 Å². The zero-order chi connectivity index (χ0) is 16.8. The maximum absolute atomic E-state index is 11.4. The predicted molar refractivity (Wildman–Crippen MR) is 104 cm³/mol. The zero-order valence-electron chi connectivity index (χ0n) is 14.9. The number of anilines is 1. The molecule has 0 atom stereocenters. The van der Waals surface area contributed by atoms with Gasteiger partial charge in [0.2, 0.25) is 0 Å². The number of nitrogens with one attached hydrogen (secondary N) is 1. The van der Waals surface area contributed by atoms with Crippen molar-refractivity contribution in [2.45, 2.75) is 64.7 Å². The Labute approximate surface area is 152 Å². The quantitative estimate of drug-likeness (QED) is 0.499. The number of ether oxygens (including phenoxy) is 1. The highest BCUT2D eigenvalue weighted by Gasteiger charge is 2.02. The number of nitrogens with two attached hydrogens (primary N) is 1. The normalized spacial score (nSPS) is 10.1. The molecule has 1 rings (SSSR count). The first-order valence-electron chi connectivity index (χ1n) is 8.99. The highest BCUT2D eigenvalue weighted by atomic mass is 35.5. The summed E-state index contributed by atoms with van der Waals surface area (Å²) >= 11 is 0. The van der Waals surface area contributed by atoms with Crippen LogP contribution in [0.3, 0.4) is 0 Å². The summed E-state index contributed by atoms with van der Waals surface area (Å²) in [5.41, 5.74) is 7.36. The lowest BCUT2D eigenvalue weighted by Crippen LogP contribution is -2.18. The van der Waals surface area contributed by atoms with Gasteiger partial charge in [-0.25, -0.2) is 4.79 Å². The van der Waals surface area contributed by atoms with Crippen molar-refractivity contribution in [3.8, 4) is 0 Å². The van der Waals surface area contributed by atoms with Crippen LogP contribution < -0.4 is 11.1 Å². The van der Waals surface area contributed by atoms with Crippen LogP contribution in [0.15, 0.2) is 24.3 Å². The van der Waals surface area contributed by atoms with E-state index in [1.165, 1.54) is 56.9 Å². The van der Waals surface area contributed by atoms with Crippen LogP contribution in [-0.2, 0) is 11.2 Å². The summed E-state index contributed by atoms with van der Waals surface area (Å²) in [6.07, 6.45) is 11.4. The predicted octanol–water partition coefficient (Wildman–Crippen LogP) is 5.30. The fourth-order valence-corrected chi connectivity index (χ4v) is 2.52. The maximum atomic E-state index is 11.4. The monoisotopic (exact) mass is 356 g/mol. The lowest BCUT2D eigenvalue weighted by atomic mass is 10.0. The van der Waals surface area contributed by atoms with Crippen LogP contribution in [0.4, 0.5) is 10.5 Å². The van der Waals surface area contributed by atoms with E-state index < -0.39 is 6.09 Å². The van der Waals surface area contributed by atoms with E-state index in [1.54, 1.807) is 0 Å². The van der Waals surface area contributed by atoms with Gasteiger partial charge < -0.3 is 10.5 Å². The maximum Gasteiger partial charge on any atom is 0.411 e. The topological polar surface area (TPSA) is 64.3 Å². The molecule has 0 saturated carbocycles. The van der Waals surface area contributed by atoms with Gasteiger partial charge in [-0.1, -0.05) is 64.0 Å². The van der Waals surface area contributed by atoms with Crippen molar-refractivity contribution in [1.29, 1.82) is 0 Å². The molecule has 0 spiro atoms. The van der Waals surface area contributed by atoms with E-state index in [2.05, 4.69) is 24.4 Å². The Hall–Kier alpha value is -1.26. The summed E-state index contributed by atoms with van der Waals surface area (Å²) in [6, 6.07) is 7.98. The molecule has 1 aromatic carbocycles. The standard InChI is InChI=1S/C19H32N2O2.ClH/c1-2-3-4-5-6-7-8-9-10-17-11-13-18(14-12-17)21-19(22)23-16-15-20;/h11-14H,2-10,15-16,20H2,1H3,(H,21,22);1H. The molecule has 4 nitrogen and oxygen atoms in total. The number of unbranched alkanes of at least 4 members (excludes halogenated alkanes) is 7. The fourth-order valence-electron chi connectivity index (χ4n) is 2.52. The molecule has 1 amide bonds. The molecule has 0 aliphatic carbocycles. The smallest absolute Gasteiger partial charge is 0.411 e. The average Bonchev–Trinajstić information content (AvgIpc) is 2.57. The van der Waals surface area contributed by atoms with E-state index in [0.717, 1.165) is 12.1 Å². The van der Waals surface area contributed by atoms with Crippen molar-refractivity contribution in [1.82, 2.24) is 0 Å². The molecule has 5 heteroatoms. The number of hydrogen-bond acceptors (Lipinski definition) is 3. The third-order valence-electron chi connectivity index (χ3n) is 3.87. The Morgan fingerprint density at radius 1 is 1.00 bits per heavy atom. The summed E-state index contributed by atoms with van der Waals surface area (Å²) in [4.78, 5) is 11.4. The van der Waals surface area contributed by atoms with E-state index in [-0.39, 0.29) is 19.0 Å². The minimum atomic E-state index is -0.453. The third-order valence-corrected chi connectivity index (χ3v) is 3.87. The lowest BCUT2D eigenvalue weighted by molar-refractivity contribution is 0.165. The third kappa shape index (κ3) is 11.3. The van der Waals surface area contributed by atoms with Crippen molar-refractivity contribution >= 4 is 24.2 Å². The van der Waals surface area contributed by atoms with Gasteiger partial charge in [-0.05, 0) is 30.5 Å². The molecule has 0 aromatic heterocycles. The van der Waals surface area contributed by atoms with Crippen molar-refractivity contribution in [3.63, 3.8) is 0 Å². The van der Waals surface area contributed by atoms with E-state index in [0.29, 0.717) is 6.54 Å². The second kappa shape index (κ2) is 15.3. The van der Waals surface area contributed by atoms with Gasteiger partial charge in [0.1, 0.15) is 6.61 Å². The molecule has 0 heterocycles. The van der Waals surface area contributed by atoms with Gasteiger partial charge in [0.25, 0.3) is 0 Å². The van der Waals surface area contributed by atoms with E-state index in [4.69, 9.17) is 10.5 Å². The van der Waals surface area contributed by atoms with Crippen LogP contribution >= 0.6 is 12.4 Å². The minimum Gasteiger partial charge on any atom is -0.448 e. The van der Waals surface area contributed by atoms with Crippen LogP contribution in [0.1, 0.15) is 63.9 Å². The van der Waals surface area contributed by atoms with Crippen molar-refractivity contribution in [3.05, 3.63) is 29.8 Å². The Balaban J connectivity index is 0.00000529. The van der Waals surface area contributed by atoms with Gasteiger partial charge >= 0.3 is 6.09 Å². The van der Waals surface area contributed by atoms with Crippen LogP contribution in [0.2, 0.25) is 0 Å². The summed E-state index contributed by atoms with van der Waals surface area (Å²) in [5, 5.41) is 2.69. The number of carbonyl (C=O) groups excluding carboxylic acids is 1. The number of rotatable bonds is 12. The highest BCUT2D eigenvalue weighted by molar-refractivity contribution is 5.85. The van der Waals surface area contributed by atoms with E-state index in [9.17, 15) is 4.79 Å². The van der Waals surface area contributed by atoms with Crippen molar-refractivity contribution < 1.29 is 9.53 Å². The zero-order valence-corrected chi connectivity index (χ0v) is 15.7. The first kappa shape index (κ1) is 22.7. The Bertz CT molecular complexity index is 424. The molecular formula is C19H33ClN2O2. The van der Waals surface area contributed by atoms with Gasteiger partial charge in [-0.2, -0.15) is 0 Å². The minimum absolute atomic E-state index is 0. The lowest BCUT2D eigenvalue weighted by Gasteiger charge is -2.07. The second-order valence-corrected chi connectivity index (χ2v) is 5.97. The molecular weight excluding hydrogens is 324 g/mol. The molecule has 0 saturated heterocycles. The Morgan fingerprint density at radius 2 is 1.58 bits per heavy atom. The van der Waals surface area contributed by atoms with Crippen LogP contribution in [0.25, 0.3) is 0 Å². The molecule has 3 N–H and O–H groups in total. The van der Waals surface area contributed by atoms with Gasteiger partial charge in [0.05, 0.1) is 0 Å². The number of aryl methyl sites for hydroxylation is 1. The molecule has 0 unspecified atom stereocenters. The molecule has 1 aromatic rings. The molecule has 0 radical (unpaired) electrons. The summed E-state index contributed by atoms with van der Waals surface area (Å²) in [6.45, 7) is 2.83. The number of hydrogen-bond donors (Lipinski definition) is 2. The fraction of sp³-hybridized carbons (Fsp3) is 0.632. The summed E-state index contributed by atoms with van der Waals surface area (Å²) < 4.78 is 4.88. The van der Waals surface area contributed by atoms with Gasteiger partial charge in [-0.3, -0.25) is 5.32 Å². The number of benzene rings is 1. The number of amides is 1. The largest absolute Gasteiger partial charge is 0.448 e. The summed E-state index contributed by atoms with van der Waals surface area (Å²) in [5.74, 6) is 0. The number of halogens is 1. The first-order chi connectivity index (χ1) is 11.3. The highest BCUT2D eigenvalue weighted by Crippen LogP contribution is 2.14.